The van der Waals surface area contributed by atoms with Crippen LogP contribution in [0, 0.1) is 0 Å². The van der Waals surface area contributed by atoms with Crippen LogP contribution in [-0.2, 0) is 9.47 Å². The van der Waals surface area contributed by atoms with Crippen molar-refractivity contribution in [1.29, 1.82) is 0 Å². The first-order valence-corrected chi connectivity index (χ1v) is 3.46. The minimum Gasteiger partial charge on any atom is -0.453 e. The van der Waals surface area contributed by atoms with E-state index in [0.29, 0.717) is 0 Å². The molecule has 0 aliphatic carbocycles. The summed E-state index contributed by atoms with van der Waals surface area (Å²) in [6, 6.07) is 0. The molecule has 0 fully saturated rings. The minimum atomic E-state index is -0.677. The first kappa shape index (κ1) is 6.28. The summed E-state index contributed by atoms with van der Waals surface area (Å²) in [5.74, 6) is -0.677. The van der Waals surface area contributed by atoms with Crippen LogP contribution in [0.25, 0.3) is 0 Å². The summed E-state index contributed by atoms with van der Waals surface area (Å²) in [7, 11) is 0. The molecule has 1 spiro atoms. The summed E-state index contributed by atoms with van der Waals surface area (Å²) in [6.45, 7) is 0. The van der Waals surface area contributed by atoms with Crippen molar-refractivity contribution in [1.82, 2.24) is 0 Å². The summed E-state index contributed by atoms with van der Waals surface area (Å²) in [6.07, 6.45) is 14.4. The second-order valence-electron chi connectivity index (χ2n) is 2.33. The number of rotatable bonds is 0. The molecule has 0 radical (unpaired) electrons. The molecule has 2 rings (SSSR count). The Balaban J connectivity index is 2.24. The molecule has 0 aromatic heterocycles. The molecule has 0 aromatic carbocycles. The van der Waals surface area contributed by atoms with Gasteiger partial charge in [-0.25, -0.2) is 0 Å². The van der Waals surface area contributed by atoms with Gasteiger partial charge in [0.15, 0.2) is 0 Å². The predicted octanol–water partition coefficient (Wildman–Crippen LogP) is 1.88. The predicted molar refractivity (Wildman–Crippen MR) is 41.5 cm³/mol. The number of allylic oxidation sites excluding steroid dienone is 4. The smallest absolute Gasteiger partial charge is 0.290 e. The van der Waals surface area contributed by atoms with Crippen molar-refractivity contribution in [2.45, 2.75) is 5.79 Å². The molecule has 2 aliphatic rings. The van der Waals surface area contributed by atoms with Crippen LogP contribution >= 0.6 is 0 Å². The van der Waals surface area contributed by atoms with Gasteiger partial charge in [-0.3, -0.25) is 0 Å². The fourth-order valence-corrected chi connectivity index (χ4v) is 1.00. The lowest BCUT2D eigenvalue weighted by atomic mass is 10.2. The first-order valence-electron chi connectivity index (χ1n) is 3.46. The Labute approximate surface area is 65.1 Å². The first-order chi connectivity index (χ1) is 5.41. The van der Waals surface area contributed by atoms with Gasteiger partial charge < -0.3 is 9.47 Å². The van der Waals surface area contributed by atoms with Crippen LogP contribution in [0.2, 0.25) is 0 Å². The minimum absolute atomic E-state index is 0.677. The van der Waals surface area contributed by atoms with Crippen LogP contribution < -0.4 is 0 Å². The molecule has 2 aliphatic heterocycles. The van der Waals surface area contributed by atoms with E-state index < -0.39 is 5.79 Å². The summed E-state index contributed by atoms with van der Waals surface area (Å²) in [4.78, 5) is 0. The Morgan fingerprint density at radius 2 is 1.27 bits per heavy atom. The van der Waals surface area contributed by atoms with Crippen molar-refractivity contribution in [2.24, 2.45) is 0 Å². The molecule has 0 bridgehead atoms. The molecule has 2 heterocycles. The molecule has 0 aromatic rings. The molecule has 0 N–H and O–H groups in total. The highest BCUT2D eigenvalue weighted by Crippen LogP contribution is 2.23. The van der Waals surface area contributed by atoms with Gasteiger partial charge in [-0.15, -0.1) is 0 Å². The lowest BCUT2D eigenvalue weighted by molar-refractivity contribution is -0.0972. The Morgan fingerprint density at radius 3 is 1.64 bits per heavy atom. The molecule has 11 heavy (non-hydrogen) atoms. The van der Waals surface area contributed by atoms with Crippen molar-refractivity contribution in [3.63, 3.8) is 0 Å². The van der Waals surface area contributed by atoms with Gasteiger partial charge in [-0.2, -0.15) is 0 Å². The van der Waals surface area contributed by atoms with E-state index in [-0.39, 0.29) is 0 Å². The maximum Gasteiger partial charge on any atom is 0.290 e. The van der Waals surface area contributed by atoms with Crippen molar-refractivity contribution in [3.05, 3.63) is 49.0 Å². The zero-order chi connectivity index (χ0) is 7.57. The summed E-state index contributed by atoms with van der Waals surface area (Å²) in [5, 5.41) is 0. The van der Waals surface area contributed by atoms with Crippen molar-refractivity contribution in [3.8, 4) is 0 Å². The number of hydrogen-bond acceptors (Lipinski definition) is 2. The van der Waals surface area contributed by atoms with E-state index in [1.165, 1.54) is 0 Å². The molecule has 56 valence electrons. The zero-order valence-electron chi connectivity index (χ0n) is 5.94. The lowest BCUT2D eigenvalue weighted by Gasteiger charge is -2.28. The van der Waals surface area contributed by atoms with E-state index in [1.807, 2.05) is 36.5 Å². The van der Waals surface area contributed by atoms with E-state index >= 15 is 0 Å². The monoisotopic (exact) mass is 148 g/mol. The highest BCUT2D eigenvalue weighted by atomic mass is 16.7. The zero-order valence-corrected chi connectivity index (χ0v) is 5.94. The van der Waals surface area contributed by atoms with Gasteiger partial charge in [-0.1, -0.05) is 12.2 Å². The average Bonchev–Trinajstić information content (AvgIpc) is 2.07. The van der Waals surface area contributed by atoms with Crippen LogP contribution in [0.15, 0.2) is 49.0 Å². The molecule has 0 unspecified atom stereocenters. The van der Waals surface area contributed by atoms with Gasteiger partial charge in [0.1, 0.15) is 0 Å². The van der Waals surface area contributed by atoms with Crippen molar-refractivity contribution < 1.29 is 9.47 Å². The molecule has 2 nitrogen and oxygen atoms in total. The average molecular weight is 148 g/mol. The normalized spacial score (nSPS) is 23.3. The maximum atomic E-state index is 5.28. The summed E-state index contributed by atoms with van der Waals surface area (Å²) >= 11 is 0. The molecule has 0 saturated heterocycles. The second-order valence-corrected chi connectivity index (χ2v) is 2.33. The fourth-order valence-electron chi connectivity index (χ4n) is 1.00. The maximum absolute atomic E-state index is 5.28. The topological polar surface area (TPSA) is 18.5 Å². The van der Waals surface area contributed by atoms with Crippen LogP contribution in [0.1, 0.15) is 0 Å². The largest absolute Gasteiger partial charge is 0.453 e. The number of hydrogen-bond donors (Lipinski definition) is 0. The summed E-state index contributed by atoms with van der Waals surface area (Å²) < 4.78 is 10.6. The molecule has 2 heteroatoms. The van der Waals surface area contributed by atoms with Gasteiger partial charge in [-0.05, 0) is 12.2 Å². The van der Waals surface area contributed by atoms with Crippen molar-refractivity contribution >= 4 is 0 Å². The molecule has 0 amide bonds. The highest BCUT2D eigenvalue weighted by molar-refractivity contribution is 5.23. The third kappa shape index (κ3) is 1.07. The van der Waals surface area contributed by atoms with Crippen LogP contribution in [0.5, 0.6) is 0 Å². The van der Waals surface area contributed by atoms with E-state index in [4.69, 9.17) is 9.47 Å². The van der Waals surface area contributed by atoms with E-state index in [2.05, 4.69) is 0 Å². The quantitative estimate of drug-likeness (QED) is 0.522. The van der Waals surface area contributed by atoms with Gasteiger partial charge in [0.2, 0.25) is 0 Å². The lowest BCUT2D eigenvalue weighted by Crippen LogP contribution is -2.29. The Kier molecular flexibility index (Phi) is 1.32. The SMILES string of the molecule is C1=COC2(C=C1)C=CC=CO2. The second kappa shape index (κ2) is 2.31. The van der Waals surface area contributed by atoms with Gasteiger partial charge in [0.05, 0.1) is 12.5 Å². The van der Waals surface area contributed by atoms with E-state index in [0.717, 1.165) is 0 Å². The third-order valence-corrected chi connectivity index (χ3v) is 1.54. The van der Waals surface area contributed by atoms with E-state index in [9.17, 15) is 0 Å². The Morgan fingerprint density at radius 1 is 0.727 bits per heavy atom. The fraction of sp³-hybridized carbons (Fsp3) is 0.111. The Bertz CT molecular complexity index is 231. The standard InChI is InChI=1S/C9H8O2/c1-3-7-10-9(5-1)6-2-4-8-11-9/h1-8H. The third-order valence-electron chi connectivity index (χ3n) is 1.54. The molecule has 0 atom stereocenters. The van der Waals surface area contributed by atoms with Crippen molar-refractivity contribution in [2.75, 3.05) is 0 Å². The van der Waals surface area contributed by atoms with Gasteiger partial charge >= 0.3 is 0 Å². The van der Waals surface area contributed by atoms with Crippen LogP contribution in [0.3, 0.4) is 0 Å². The van der Waals surface area contributed by atoms with Gasteiger partial charge in [0.25, 0.3) is 5.79 Å². The van der Waals surface area contributed by atoms with E-state index in [1.54, 1.807) is 12.5 Å². The molecular weight excluding hydrogens is 140 g/mol. The Hall–Kier alpha value is -1.44. The van der Waals surface area contributed by atoms with Gasteiger partial charge in [0, 0.05) is 12.2 Å². The highest BCUT2D eigenvalue weighted by Gasteiger charge is 2.27. The molecular formula is C9H8O2. The number of ether oxygens (including phenoxy) is 2. The van der Waals surface area contributed by atoms with Crippen LogP contribution in [-0.4, -0.2) is 5.79 Å². The van der Waals surface area contributed by atoms with Crippen LogP contribution in [0.4, 0.5) is 0 Å². The molecule has 0 saturated carbocycles. The summed E-state index contributed by atoms with van der Waals surface area (Å²) in [5.41, 5.74) is 0.